The minimum absolute atomic E-state index is 0.0600. The number of benzene rings is 1. The van der Waals surface area contributed by atoms with Gasteiger partial charge in [-0.05, 0) is 32.9 Å². The standard InChI is InChI=1S/C15H18N2O5/c1-15(2,3)22-14(19)16-8-4-5-11-6-7-12(10-18)13(9-11)17(20)21/h6-7,9,18H,8,10H2,1-3H3,(H,16,19). The number of hydrogen-bond donors (Lipinski definition) is 2. The molecule has 0 bridgehead atoms. The molecule has 2 N–H and O–H groups in total. The maximum Gasteiger partial charge on any atom is 0.408 e. The summed E-state index contributed by atoms with van der Waals surface area (Å²) in [5.41, 5.74) is -0.121. The smallest absolute Gasteiger partial charge is 0.408 e. The first-order chi connectivity index (χ1) is 10.2. The molecule has 22 heavy (non-hydrogen) atoms. The molecule has 0 saturated heterocycles. The Morgan fingerprint density at radius 3 is 2.68 bits per heavy atom. The van der Waals surface area contributed by atoms with Gasteiger partial charge in [0.1, 0.15) is 5.60 Å². The van der Waals surface area contributed by atoms with E-state index < -0.39 is 23.2 Å². The Kier molecular flexibility index (Phi) is 5.90. The number of aliphatic hydroxyl groups is 1. The quantitative estimate of drug-likeness (QED) is 0.505. The number of nitro groups is 1. The van der Waals surface area contributed by atoms with Crippen LogP contribution in [0.2, 0.25) is 0 Å². The Morgan fingerprint density at radius 1 is 1.45 bits per heavy atom. The second kappa shape index (κ2) is 7.43. The molecule has 0 atom stereocenters. The highest BCUT2D eigenvalue weighted by atomic mass is 16.6. The molecule has 1 aromatic rings. The van der Waals surface area contributed by atoms with Gasteiger partial charge < -0.3 is 15.2 Å². The molecule has 0 aliphatic heterocycles. The first kappa shape index (κ1) is 17.5. The van der Waals surface area contributed by atoms with Crippen LogP contribution in [-0.2, 0) is 11.3 Å². The fourth-order valence-corrected chi connectivity index (χ4v) is 1.52. The van der Waals surface area contributed by atoms with E-state index in [1.165, 1.54) is 12.1 Å². The Hall–Kier alpha value is -2.59. The number of nitrogens with one attached hydrogen (secondary N) is 1. The van der Waals surface area contributed by atoms with Gasteiger partial charge in [-0.1, -0.05) is 11.8 Å². The van der Waals surface area contributed by atoms with Crippen molar-refractivity contribution in [3.63, 3.8) is 0 Å². The third-order valence-corrected chi connectivity index (χ3v) is 2.41. The maximum atomic E-state index is 11.4. The van der Waals surface area contributed by atoms with E-state index in [1.54, 1.807) is 26.8 Å². The van der Waals surface area contributed by atoms with E-state index in [-0.39, 0.29) is 17.8 Å². The number of amides is 1. The summed E-state index contributed by atoms with van der Waals surface area (Å²) in [5, 5.41) is 22.3. The van der Waals surface area contributed by atoms with Gasteiger partial charge in [-0.15, -0.1) is 0 Å². The van der Waals surface area contributed by atoms with E-state index in [0.29, 0.717) is 5.56 Å². The van der Waals surface area contributed by atoms with E-state index in [4.69, 9.17) is 9.84 Å². The summed E-state index contributed by atoms with van der Waals surface area (Å²) in [7, 11) is 0. The highest BCUT2D eigenvalue weighted by Crippen LogP contribution is 2.19. The predicted octanol–water partition coefficient (Wildman–Crippen LogP) is 1.96. The molecule has 118 valence electrons. The monoisotopic (exact) mass is 306 g/mol. The molecule has 1 amide bonds. The van der Waals surface area contributed by atoms with E-state index in [2.05, 4.69) is 17.2 Å². The normalized spacial score (nSPS) is 10.4. The topological polar surface area (TPSA) is 102 Å². The lowest BCUT2D eigenvalue weighted by Gasteiger charge is -2.18. The molecular weight excluding hydrogens is 288 g/mol. The average molecular weight is 306 g/mol. The van der Waals surface area contributed by atoms with Crippen LogP contribution in [0.15, 0.2) is 18.2 Å². The summed E-state index contributed by atoms with van der Waals surface area (Å²) in [6.45, 7) is 4.90. The van der Waals surface area contributed by atoms with Crippen LogP contribution in [0.25, 0.3) is 0 Å². The summed E-state index contributed by atoms with van der Waals surface area (Å²) in [5.74, 6) is 5.38. The summed E-state index contributed by atoms with van der Waals surface area (Å²) in [6, 6.07) is 4.30. The molecule has 1 rings (SSSR count). The van der Waals surface area contributed by atoms with Crippen LogP contribution in [0.4, 0.5) is 10.5 Å². The van der Waals surface area contributed by atoms with Crippen LogP contribution in [-0.4, -0.2) is 28.3 Å². The number of carbonyl (C=O) groups is 1. The van der Waals surface area contributed by atoms with E-state index >= 15 is 0 Å². The zero-order chi connectivity index (χ0) is 16.8. The van der Waals surface area contributed by atoms with Gasteiger partial charge >= 0.3 is 6.09 Å². The fourth-order valence-electron chi connectivity index (χ4n) is 1.52. The van der Waals surface area contributed by atoms with Crippen molar-refractivity contribution in [1.82, 2.24) is 5.32 Å². The van der Waals surface area contributed by atoms with Crippen LogP contribution < -0.4 is 5.32 Å². The van der Waals surface area contributed by atoms with Crippen LogP contribution >= 0.6 is 0 Å². The van der Waals surface area contributed by atoms with Gasteiger partial charge in [-0.3, -0.25) is 10.1 Å². The third-order valence-electron chi connectivity index (χ3n) is 2.41. The second-order valence-corrected chi connectivity index (χ2v) is 5.42. The molecule has 7 heteroatoms. The molecule has 0 aromatic heterocycles. The molecule has 0 heterocycles. The molecule has 0 aliphatic carbocycles. The Labute approximate surface area is 128 Å². The van der Waals surface area contributed by atoms with E-state index in [0.717, 1.165) is 0 Å². The predicted molar refractivity (Wildman–Crippen MR) is 80.1 cm³/mol. The summed E-state index contributed by atoms with van der Waals surface area (Å²) >= 11 is 0. The van der Waals surface area contributed by atoms with Gasteiger partial charge in [0.05, 0.1) is 23.6 Å². The third kappa shape index (κ3) is 5.81. The van der Waals surface area contributed by atoms with Crippen LogP contribution in [0.5, 0.6) is 0 Å². The molecular formula is C15H18N2O5. The lowest BCUT2D eigenvalue weighted by molar-refractivity contribution is -0.385. The van der Waals surface area contributed by atoms with Crippen molar-refractivity contribution in [2.75, 3.05) is 6.54 Å². The van der Waals surface area contributed by atoms with Crippen molar-refractivity contribution in [2.24, 2.45) is 0 Å². The Balaban J connectivity index is 2.67. The number of carbonyl (C=O) groups excluding carboxylic acids is 1. The van der Waals surface area contributed by atoms with Gasteiger partial charge in [0.25, 0.3) is 5.69 Å². The first-order valence-electron chi connectivity index (χ1n) is 6.57. The molecule has 0 unspecified atom stereocenters. The Bertz CT molecular complexity index is 623. The number of nitrogens with zero attached hydrogens (tertiary/aromatic N) is 1. The highest BCUT2D eigenvalue weighted by molar-refractivity contribution is 5.68. The van der Waals surface area contributed by atoms with Gasteiger partial charge in [-0.25, -0.2) is 4.79 Å². The number of rotatable bonds is 3. The average Bonchev–Trinajstić information content (AvgIpc) is 2.41. The lowest BCUT2D eigenvalue weighted by Crippen LogP contribution is -2.32. The van der Waals surface area contributed by atoms with Crippen LogP contribution in [0.1, 0.15) is 31.9 Å². The number of ether oxygens (including phenoxy) is 1. The van der Waals surface area contributed by atoms with Gasteiger partial charge in [0, 0.05) is 11.6 Å². The molecule has 0 radical (unpaired) electrons. The minimum Gasteiger partial charge on any atom is -0.444 e. The number of nitro benzene ring substituents is 1. The Morgan fingerprint density at radius 2 is 2.14 bits per heavy atom. The van der Waals surface area contributed by atoms with Crippen molar-refractivity contribution in [3.8, 4) is 11.8 Å². The van der Waals surface area contributed by atoms with Crippen LogP contribution in [0.3, 0.4) is 0 Å². The second-order valence-electron chi connectivity index (χ2n) is 5.42. The van der Waals surface area contributed by atoms with Crippen molar-refractivity contribution in [3.05, 3.63) is 39.4 Å². The SMILES string of the molecule is CC(C)(C)OC(=O)NCC#Cc1ccc(CO)c([N+](=O)[O-])c1. The largest absolute Gasteiger partial charge is 0.444 e. The van der Waals surface area contributed by atoms with Crippen molar-refractivity contribution < 1.29 is 19.6 Å². The number of hydrogen-bond acceptors (Lipinski definition) is 5. The van der Waals surface area contributed by atoms with E-state index in [9.17, 15) is 14.9 Å². The number of aliphatic hydroxyl groups excluding tert-OH is 1. The van der Waals surface area contributed by atoms with Crippen LogP contribution in [0, 0.1) is 22.0 Å². The summed E-state index contributed by atoms with van der Waals surface area (Å²) in [6.07, 6.45) is -0.580. The molecule has 7 nitrogen and oxygen atoms in total. The summed E-state index contributed by atoms with van der Waals surface area (Å²) < 4.78 is 5.04. The van der Waals surface area contributed by atoms with Gasteiger partial charge in [0.15, 0.2) is 0 Å². The van der Waals surface area contributed by atoms with Gasteiger partial charge in [-0.2, -0.15) is 0 Å². The maximum absolute atomic E-state index is 11.4. The molecule has 0 spiro atoms. The highest BCUT2D eigenvalue weighted by Gasteiger charge is 2.15. The van der Waals surface area contributed by atoms with Crippen molar-refractivity contribution >= 4 is 11.8 Å². The van der Waals surface area contributed by atoms with Crippen molar-refractivity contribution in [1.29, 1.82) is 0 Å². The first-order valence-corrected chi connectivity index (χ1v) is 6.57. The minimum atomic E-state index is -0.585. The van der Waals surface area contributed by atoms with Gasteiger partial charge in [0.2, 0.25) is 0 Å². The molecule has 1 aromatic carbocycles. The summed E-state index contributed by atoms with van der Waals surface area (Å²) in [4.78, 5) is 21.7. The fraction of sp³-hybridized carbons (Fsp3) is 0.400. The van der Waals surface area contributed by atoms with Crippen molar-refractivity contribution in [2.45, 2.75) is 33.0 Å². The van der Waals surface area contributed by atoms with E-state index in [1.807, 2.05) is 0 Å². The molecule has 0 fully saturated rings. The lowest BCUT2D eigenvalue weighted by atomic mass is 10.1. The zero-order valence-electron chi connectivity index (χ0n) is 12.7. The zero-order valence-corrected chi connectivity index (χ0v) is 12.7. The molecule has 0 saturated carbocycles. The number of alkyl carbamates (subject to hydrolysis) is 1. The molecule has 0 aliphatic rings.